The minimum atomic E-state index is -3.57. The molecular formula is C13H18ClFN2O3S. The first-order valence-electron chi connectivity index (χ1n) is 6.67. The molecule has 1 aliphatic heterocycles. The minimum Gasteiger partial charge on any atom is -0.395 e. The lowest BCUT2D eigenvalue weighted by Gasteiger charge is -2.33. The first kappa shape index (κ1) is 16.6. The summed E-state index contributed by atoms with van der Waals surface area (Å²) < 4.78 is 39.7. The maximum atomic E-state index is 13.7. The molecule has 0 unspecified atom stereocenters. The van der Waals surface area contributed by atoms with Gasteiger partial charge in [-0.05, 0) is 18.2 Å². The minimum absolute atomic E-state index is 0.0560. The van der Waals surface area contributed by atoms with E-state index in [1.54, 1.807) is 0 Å². The molecular weight excluding hydrogens is 319 g/mol. The second-order valence-electron chi connectivity index (χ2n) is 4.96. The van der Waals surface area contributed by atoms with E-state index in [1.165, 1.54) is 22.5 Å². The van der Waals surface area contributed by atoms with Gasteiger partial charge in [0, 0.05) is 43.3 Å². The fourth-order valence-corrected chi connectivity index (χ4v) is 4.03. The number of nitrogens with zero attached hydrogens (tertiary/aromatic N) is 2. The Morgan fingerprint density at radius 1 is 1.24 bits per heavy atom. The summed E-state index contributed by atoms with van der Waals surface area (Å²) in [5, 5.41) is 9.18. The summed E-state index contributed by atoms with van der Waals surface area (Å²) in [4.78, 5) is 1.99. The van der Waals surface area contributed by atoms with E-state index in [0.717, 1.165) is 0 Å². The number of benzene rings is 1. The monoisotopic (exact) mass is 336 g/mol. The van der Waals surface area contributed by atoms with Gasteiger partial charge in [0.25, 0.3) is 0 Å². The normalized spacial score (nSPS) is 18.0. The highest BCUT2D eigenvalue weighted by Gasteiger charge is 2.27. The first-order chi connectivity index (χ1) is 9.92. The van der Waals surface area contributed by atoms with Crippen molar-refractivity contribution in [3.63, 3.8) is 0 Å². The van der Waals surface area contributed by atoms with Crippen molar-refractivity contribution in [1.82, 2.24) is 9.21 Å². The third-order valence-corrected chi connectivity index (χ3v) is 5.55. The topological polar surface area (TPSA) is 60.9 Å². The van der Waals surface area contributed by atoms with Crippen molar-refractivity contribution in [2.24, 2.45) is 0 Å². The van der Waals surface area contributed by atoms with Crippen LogP contribution in [0.5, 0.6) is 0 Å². The van der Waals surface area contributed by atoms with Gasteiger partial charge in [-0.3, -0.25) is 4.90 Å². The summed E-state index contributed by atoms with van der Waals surface area (Å²) in [5.41, 5.74) is 0.0836. The van der Waals surface area contributed by atoms with Crippen LogP contribution in [0.4, 0.5) is 4.39 Å². The van der Waals surface area contributed by atoms with Gasteiger partial charge in [0.15, 0.2) is 0 Å². The summed E-state index contributed by atoms with van der Waals surface area (Å²) >= 11 is 5.78. The van der Waals surface area contributed by atoms with Crippen molar-refractivity contribution in [3.05, 3.63) is 34.6 Å². The predicted molar refractivity (Wildman–Crippen MR) is 79.1 cm³/mol. The third kappa shape index (κ3) is 4.37. The fraction of sp³-hybridized carbons (Fsp3) is 0.538. The van der Waals surface area contributed by atoms with E-state index in [2.05, 4.69) is 0 Å². The maximum absolute atomic E-state index is 13.7. The Morgan fingerprint density at radius 3 is 2.52 bits per heavy atom. The molecule has 0 atom stereocenters. The molecule has 1 aliphatic rings. The molecule has 0 saturated carbocycles. The average Bonchev–Trinajstić information content (AvgIpc) is 2.44. The fourth-order valence-electron chi connectivity index (χ4n) is 2.31. The van der Waals surface area contributed by atoms with Crippen LogP contribution in [-0.2, 0) is 15.8 Å². The highest BCUT2D eigenvalue weighted by atomic mass is 35.5. The van der Waals surface area contributed by atoms with Crippen LogP contribution >= 0.6 is 11.6 Å². The number of halogens is 2. The molecule has 1 aromatic rings. The van der Waals surface area contributed by atoms with Gasteiger partial charge in [-0.1, -0.05) is 11.6 Å². The van der Waals surface area contributed by atoms with Crippen LogP contribution in [0.25, 0.3) is 0 Å². The van der Waals surface area contributed by atoms with Crippen molar-refractivity contribution < 1.29 is 17.9 Å². The van der Waals surface area contributed by atoms with Crippen molar-refractivity contribution in [1.29, 1.82) is 0 Å². The van der Waals surface area contributed by atoms with Crippen molar-refractivity contribution >= 4 is 21.6 Å². The van der Waals surface area contributed by atoms with Crippen LogP contribution in [0.3, 0.4) is 0 Å². The molecule has 118 valence electrons. The molecule has 1 saturated heterocycles. The molecule has 1 aromatic carbocycles. The Balaban J connectivity index is 2.04. The molecule has 5 nitrogen and oxygen atoms in total. The number of hydrogen-bond acceptors (Lipinski definition) is 4. The summed E-state index contributed by atoms with van der Waals surface area (Å²) in [5.74, 6) is -0.957. The molecule has 0 bridgehead atoms. The van der Waals surface area contributed by atoms with E-state index in [1.807, 2.05) is 4.90 Å². The lowest BCUT2D eigenvalue weighted by Crippen LogP contribution is -2.49. The molecule has 0 aromatic heterocycles. The quantitative estimate of drug-likeness (QED) is 0.868. The highest BCUT2D eigenvalue weighted by molar-refractivity contribution is 7.88. The van der Waals surface area contributed by atoms with E-state index < -0.39 is 15.8 Å². The Hall–Kier alpha value is -0.730. The lowest BCUT2D eigenvalue weighted by atomic mass is 10.2. The number of β-amino-alcohol motifs (C(OH)–C–C–N with tert-alkyl or cyclic N) is 1. The maximum Gasteiger partial charge on any atom is 0.218 e. The van der Waals surface area contributed by atoms with Gasteiger partial charge in [0.05, 0.1) is 12.4 Å². The summed E-state index contributed by atoms with van der Waals surface area (Å²) in [6, 6.07) is 3.91. The largest absolute Gasteiger partial charge is 0.395 e. The number of piperazine rings is 1. The van der Waals surface area contributed by atoms with E-state index in [-0.39, 0.29) is 17.9 Å². The van der Waals surface area contributed by atoms with Gasteiger partial charge in [0.1, 0.15) is 5.82 Å². The zero-order valence-electron chi connectivity index (χ0n) is 11.5. The molecule has 0 amide bonds. The zero-order valence-corrected chi connectivity index (χ0v) is 13.1. The zero-order chi connectivity index (χ0) is 15.5. The Morgan fingerprint density at radius 2 is 1.90 bits per heavy atom. The van der Waals surface area contributed by atoms with Gasteiger partial charge in [0.2, 0.25) is 10.0 Å². The van der Waals surface area contributed by atoms with Gasteiger partial charge in [-0.15, -0.1) is 0 Å². The smallest absolute Gasteiger partial charge is 0.218 e. The van der Waals surface area contributed by atoms with Gasteiger partial charge < -0.3 is 5.11 Å². The van der Waals surface area contributed by atoms with Crippen LogP contribution in [0.2, 0.25) is 5.02 Å². The van der Waals surface area contributed by atoms with Crippen LogP contribution < -0.4 is 0 Å². The molecule has 1 heterocycles. The van der Waals surface area contributed by atoms with E-state index in [4.69, 9.17) is 16.7 Å². The third-order valence-electron chi connectivity index (χ3n) is 3.49. The molecule has 1 fully saturated rings. The van der Waals surface area contributed by atoms with E-state index >= 15 is 0 Å². The second-order valence-corrected chi connectivity index (χ2v) is 7.36. The van der Waals surface area contributed by atoms with Crippen LogP contribution in [-0.4, -0.2) is 62.1 Å². The second kappa shape index (κ2) is 7.02. The first-order valence-corrected chi connectivity index (χ1v) is 8.66. The van der Waals surface area contributed by atoms with Crippen LogP contribution in [0.1, 0.15) is 5.56 Å². The molecule has 21 heavy (non-hydrogen) atoms. The van der Waals surface area contributed by atoms with Crippen LogP contribution in [0, 0.1) is 5.82 Å². The summed E-state index contributed by atoms with van der Waals surface area (Å²) in [7, 11) is -3.57. The molecule has 8 heteroatoms. The van der Waals surface area contributed by atoms with Crippen LogP contribution in [0.15, 0.2) is 18.2 Å². The van der Waals surface area contributed by atoms with E-state index in [0.29, 0.717) is 37.7 Å². The molecule has 2 rings (SSSR count). The summed E-state index contributed by atoms with van der Waals surface area (Å²) in [6.45, 7) is 2.43. The number of hydrogen-bond donors (Lipinski definition) is 1. The molecule has 1 N–H and O–H groups in total. The van der Waals surface area contributed by atoms with Gasteiger partial charge in [-0.2, -0.15) is 4.31 Å². The highest BCUT2D eigenvalue weighted by Crippen LogP contribution is 2.19. The van der Waals surface area contributed by atoms with Crippen molar-refractivity contribution in [2.75, 3.05) is 39.3 Å². The Bertz CT molecular complexity index is 589. The molecule has 0 spiro atoms. The predicted octanol–water partition coefficient (Wildman–Crippen LogP) is 0.919. The number of aliphatic hydroxyl groups excluding tert-OH is 1. The average molecular weight is 337 g/mol. The Labute approximate surface area is 129 Å². The van der Waals surface area contributed by atoms with E-state index in [9.17, 15) is 12.8 Å². The van der Waals surface area contributed by atoms with Crippen molar-refractivity contribution in [3.8, 4) is 0 Å². The lowest BCUT2D eigenvalue weighted by molar-refractivity contribution is 0.151. The summed E-state index contributed by atoms with van der Waals surface area (Å²) in [6.07, 6.45) is 0. The Kier molecular flexibility index (Phi) is 5.56. The number of sulfonamides is 1. The standard InChI is InChI=1S/C13H18ClFN2O3S/c14-12-1-2-13(15)11(9-12)10-21(19,20)17-5-3-16(4-6-17)7-8-18/h1-2,9,18H,3-8,10H2. The SMILES string of the molecule is O=S(=O)(Cc1cc(Cl)ccc1F)N1CCN(CCO)CC1. The number of aliphatic hydroxyl groups is 1. The number of rotatable bonds is 5. The van der Waals surface area contributed by atoms with Gasteiger partial charge in [-0.25, -0.2) is 12.8 Å². The molecule has 0 radical (unpaired) electrons. The van der Waals surface area contributed by atoms with Gasteiger partial charge >= 0.3 is 0 Å². The molecule has 0 aliphatic carbocycles. The van der Waals surface area contributed by atoms with Crippen molar-refractivity contribution in [2.45, 2.75) is 5.75 Å².